The molecule has 2 N–H and O–H groups in total. The minimum absolute atomic E-state index is 0.0409. The van der Waals surface area contributed by atoms with E-state index in [1.54, 1.807) is 12.1 Å². The molecule has 0 saturated heterocycles. The highest BCUT2D eigenvalue weighted by Crippen LogP contribution is 2.19. The average Bonchev–Trinajstić information content (AvgIpc) is 2.65. The van der Waals surface area contributed by atoms with Crippen LogP contribution < -0.4 is 10.2 Å². The molecule has 2 aromatic rings. The van der Waals surface area contributed by atoms with Gasteiger partial charge in [0, 0.05) is 11.3 Å². The van der Waals surface area contributed by atoms with Crippen molar-refractivity contribution >= 4 is 11.6 Å². The third-order valence-corrected chi connectivity index (χ3v) is 5.21. The lowest BCUT2D eigenvalue weighted by Gasteiger charge is -2.33. The van der Waals surface area contributed by atoms with Crippen LogP contribution in [0.15, 0.2) is 54.6 Å². The summed E-state index contributed by atoms with van der Waals surface area (Å²) in [7, 11) is 2.12. The van der Waals surface area contributed by atoms with Gasteiger partial charge in [0.2, 0.25) is 0 Å². The predicted molar refractivity (Wildman–Crippen MR) is 98.0 cm³/mol. The highest BCUT2D eigenvalue weighted by atomic mass is 19.1. The molecule has 4 heteroatoms. The zero-order chi connectivity index (χ0) is 17.6. The summed E-state index contributed by atoms with van der Waals surface area (Å²) in [5, 5.41) is 2.96. The van der Waals surface area contributed by atoms with Crippen LogP contribution in [0.2, 0.25) is 0 Å². The Labute approximate surface area is 148 Å². The number of carbonyl (C=O) groups excluding carboxylic acids is 1. The maximum absolute atomic E-state index is 13.1. The van der Waals surface area contributed by atoms with E-state index in [4.69, 9.17) is 0 Å². The lowest BCUT2D eigenvalue weighted by Crippen LogP contribution is -3.14. The predicted octanol–water partition coefficient (Wildman–Crippen LogP) is 3.35. The second-order valence-corrected chi connectivity index (χ2v) is 6.92. The lowest BCUT2D eigenvalue weighted by atomic mass is 9.92. The summed E-state index contributed by atoms with van der Waals surface area (Å²) in [4.78, 5) is 14.3. The zero-order valence-corrected chi connectivity index (χ0v) is 14.7. The van der Waals surface area contributed by atoms with Crippen molar-refractivity contribution in [2.45, 2.75) is 44.2 Å². The molecular weight excluding hydrogens is 315 g/mol. The Morgan fingerprint density at radius 1 is 1.04 bits per heavy atom. The second-order valence-electron chi connectivity index (χ2n) is 6.92. The summed E-state index contributed by atoms with van der Waals surface area (Å²) in [6.07, 6.45) is 6.10. The van der Waals surface area contributed by atoms with Crippen LogP contribution in [0.3, 0.4) is 0 Å². The first-order chi connectivity index (χ1) is 12.1. The molecule has 1 amide bonds. The fourth-order valence-electron chi connectivity index (χ4n) is 3.81. The first kappa shape index (κ1) is 17.6. The largest absolute Gasteiger partial charge is 0.321 e. The molecule has 2 atom stereocenters. The first-order valence-corrected chi connectivity index (χ1v) is 9.10. The van der Waals surface area contributed by atoms with Crippen LogP contribution in [0.1, 0.15) is 43.7 Å². The Morgan fingerprint density at radius 3 is 2.32 bits per heavy atom. The molecule has 25 heavy (non-hydrogen) atoms. The maximum atomic E-state index is 13.1. The number of nitrogens with one attached hydrogen (secondary N) is 2. The maximum Gasteiger partial charge on any atom is 0.287 e. The van der Waals surface area contributed by atoms with Gasteiger partial charge in [0.25, 0.3) is 5.91 Å². The quantitative estimate of drug-likeness (QED) is 0.859. The molecule has 1 unspecified atom stereocenters. The Hall–Kier alpha value is -2.20. The van der Waals surface area contributed by atoms with Crippen LogP contribution in [0, 0.1) is 5.82 Å². The Balaban J connectivity index is 1.82. The monoisotopic (exact) mass is 341 g/mol. The number of quaternary nitrogens is 1. The number of carbonyl (C=O) groups is 1. The molecule has 0 radical (unpaired) electrons. The molecule has 1 aliphatic rings. The van der Waals surface area contributed by atoms with Crippen molar-refractivity contribution in [1.29, 1.82) is 0 Å². The van der Waals surface area contributed by atoms with Gasteiger partial charge in [-0.3, -0.25) is 4.79 Å². The van der Waals surface area contributed by atoms with Gasteiger partial charge < -0.3 is 10.2 Å². The van der Waals surface area contributed by atoms with Crippen molar-refractivity contribution in [2.24, 2.45) is 0 Å². The number of hydrogen-bond donors (Lipinski definition) is 2. The number of likely N-dealkylation sites (N-methyl/N-ethyl adjacent to an activating group) is 1. The van der Waals surface area contributed by atoms with E-state index in [9.17, 15) is 9.18 Å². The molecule has 3 nitrogen and oxygen atoms in total. The molecule has 0 aliphatic heterocycles. The number of benzene rings is 2. The van der Waals surface area contributed by atoms with Gasteiger partial charge in [0.1, 0.15) is 5.82 Å². The number of amides is 1. The van der Waals surface area contributed by atoms with Crippen molar-refractivity contribution in [3.05, 3.63) is 66.0 Å². The van der Waals surface area contributed by atoms with Crippen molar-refractivity contribution < 1.29 is 14.1 Å². The third kappa shape index (κ3) is 4.45. The molecule has 0 spiro atoms. The van der Waals surface area contributed by atoms with Gasteiger partial charge in [-0.25, -0.2) is 4.39 Å². The summed E-state index contributed by atoms with van der Waals surface area (Å²) in [6.45, 7) is 0. The van der Waals surface area contributed by atoms with E-state index in [1.807, 2.05) is 30.3 Å². The van der Waals surface area contributed by atoms with E-state index >= 15 is 0 Å². The van der Waals surface area contributed by atoms with Gasteiger partial charge in [0.05, 0.1) is 13.1 Å². The van der Waals surface area contributed by atoms with Gasteiger partial charge in [-0.05, 0) is 49.9 Å². The van der Waals surface area contributed by atoms with E-state index in [-0.39, 0.29) is 17.8 Å². The minimum Gasteiger partial charge on any atom is -0.321 e. The van der Waals surface area contributed by atoms with Gasteiger partial charge in [-0.15, -0.1) is 0 Å². The highest BCUT2D eigenvalue weighted by Gasteiger charge is 2.34. The van der Waals surface area contributed by atoms with E-state index in [2.05, 4.69) is 12.4 Å². The zero-order valence-electron chi connectivity index (χ0n) is 14.7. The van der Waals surface area contributed by atoms with Crippen molar-refractivity contribution in [1.82, 2.24) is 0 Å². The Bertz CT molecular complexity index is 681. The molecule has 1 fully saturated rings. The van der Waals surface area contributed by atoms with Crippen LogP contribution in [-0.2, 0) is 4.79 Å². The molecule has 1 saturated carbocycles. The Morgan fingerprint density at radius 2 is 1.68 bits per heavy atom. The third-order valence-electron chi connectivity index (χ3n) is 5.21. The number of hydrogen-bond acceptors (Lipinski definition) is 1. The highest BCUT2D eigenvalue weighted by molar-refractivity contribution is 5.94. The number of halogens is 1. The van der Waals surface area contributed by atoms with E-state index in [0.717, 1.165) is 5.56 Å². The smallest absolute Gasteiger partial charge is 0.287 e. The van der Waals surface area contributed by atoms with Crippen LogP contribution in [-0.4, -0.2) is 19.0 Å². The van der Waals surface area contributed by atoms with Crippen LogP contribution in [0.5, 0.6) is 0 Å². The van der Waals surface area contributed by atoms with Crippen molar-refractivity contribution in [2.75, 3.05) is 12.4 Å². The van der Waals surface area contributed by atoms with Crippen LogP contribution in [0.25, 0.3) is 0 Å². The van der Waals surface area contributed by atoms with E-state index in [0.29, 0.717) is 11.7 Å². The molecule has 1 aliphatic carbocycles. The minimum atomic E-state index is -0.303. The van der Waals surface area contributed by atoms with E-state index < -0.39 is 0 Å². The normalized spacial score (nSPS) is 17.7. The summed E-state index contributed by atoms with van der Waals surface area (Å²) in [6, 6.07) is 16.1. The summed E-state index contributed by atoms with van der Waals surface area (Å²) >= 11 is 0. The fourth-order valence-corrected chi connectivity index (χ4v) is 3.81. The summed E-state index contributed by atoms with van der Waals surface area (Å²) in [5.41, 5.74) is 1.65. The molecule has 0 aromatic heterocycles. The van der Waals surface area contributed by atoms with Crippen molar-refractivity contribution in [3.63, 3.8) is 0 Å². The number of rotatable bonds is 5. The second kappa shape index (κ2) is 8.26. The molecule has 0 heterocycles. The molecule has 3 rings (SSSR count). The SMILES string of the molecule is C[NH+](C1CCCCC1)[C@H](C(=O)Nc1ccc(F)cc1)c1ccccc1. The Kier molecular flexibility index (Phi) is 5.82. The standard InChI is InChI=1S/C21H25FN2O/c1-24(19-10-6-3-7-11-19)20(16-8-4-2-5-9-16)21(25)23-18-14-12-17(22)13-15-18/h2,4-5,8-9,12-15,19-20H,3,6-7,10-11H2,1H3,(H,23,25)/p+1/t20-/m0/s1. The topological polar surface area (TPSA) is 33.5 Å². The fraction of sp³-hybridized carbons (Fsp3) is 0.381. The van der Waals surface area contributed by atoms with Crippen LogP contribution in [0.4, 0.5) is 10.1 Å². The number of anilines is 1. The molecular formula is C21H26FN2O+. The molecule has 132 valence electrons. The van der Waals surface area contributed by atoms with Gasteiger partial charge >= 0.3 is 0 Å². The lowest BCUT2D eigenvalue weighted by molar-refractivity contribution is -0.928. The van der Waals surface area contributed by atoms with Gasteiger partial charge in [0.15, 0.2) is 6.04 Å². The molecule has 2 aromatic carbocycles. The van der Waals surface area contributed by atoms with Gasteiger partial charge in [-0.2, -0.15) is 0 Å². The first-order valence-electron chi connectivity index (χ1n) is 9.10. The molecule has 0 bridgehead atoms. The summed E-state index contributed by atoms with van der Waals surface area (Å²) < 4.78 is 13.1. The van der Waals surface area contributed by atoms with Crippen LogP contribution >= 0.6 is 0 Å². The van der Waals surface area contributed by atoms with Crippen molar-refractivity contribution in [3.8, 4) is 0 Å². The van der Waals surface area contributed by atoms with Gasteiger partial charge in [-0.1, -0.05) is 36.8 Å². The van der Waals surface area contributed by atoms with E-state index in [1.165, 1.54) is 49.1 Å². The summed E-state index contributed by atoms with van der Waals surface area (Å²) in [5.74, 6) is -0.344. The average molecular weight is 341 g/mol.